The first-order valence-corrected chi connectivity index (χ1v) is 5.58. The number of nitrogens with two attached hydrogens (primary N) is 1. The second-order valence-electron chi connectivity index (χ2n) is 3.76. The average Bonchev–Trinajstić information content (AvgIpc) is 2.36. The molecule has 0 unspecified atom stereocenters. The van der Waals surface area contributed by atoms with Gasteiger partial charge in [-0.3, -0.25) is 4.79 Å². The van der Waals surface area contributed by atoms with Crippen molar-refractivity contribution in [1.82, 2.24) is 4.90 Å². The largest absolute Gasteiger partial charge is 0.497 e. The van der Waals surface area contributed by atoms with E-state index in [2.05, 4.69) is 6.58 Å². The van der Waals surface area contributed by atoms with Crippen molar-refractivity contribution < 1.29 is 14.6 Å². The van der Waals surface area contributed by atoms with Crippen LogP contribution in [0.4, 0.5) is 5.69 Å². The van der Waals surface area contributed by atoms with Crippen molar-refractivity contribution in [3.8, 4) is 5.75 Å². The summed E-state index contributed by atoms with van der Waals surface area (Å²) in [6.07, 6.45) is 1.61. The third-order valence-electron chi connectivity index (χ3n) is 2.42. The number of aliphatic hydroxyl groups excluding tert-OH is 1. The first-order chi connectivity index (χ1) is 8.62. The number of ether oxygens (including phenoxy) is 1. The Hall–Kier alpha value is -2.01. The number of nitrogen functional groups attached to an aromatic ring is 1. The highest BCUT2D eigenvalue weighted by molar-refractivity contribution is 5.95. The number of carbonyl (C=O) groups excluding carboxylic acids is 1. The third kappa shape index (κ3) is 3.49. The Kier molecular flexibility index (Phi) is 5.20. The van der Waals surface area contributed by atoms with Gasteiger partial charge < -0.3 is 20.5 Å². The van der Waals surface area contributed by atoms with E-state index >= 15 is 0 Å². The van der Waals surface area contributed by atoms with E-state index in [0.29, 0.717) is 23.5 Å². The van der Waals surface area contributed by atoms with Crippen LogP contribution in [0, 0.1) is 0 Å². The molecule has 0 aliphatic heterocycles. The Morgan fingerprint density at radius 2 is 2.28 bits per heavy atom. The fourth-order valence-corrected chi connectivity index (χ4v) is 1.60. The summed E-state index contributed by atoms with van der Waals surface area (Å²) in [6, 6.07) is 4.84. The third-order valence-corrected chi connectivity index (χ3v) is 2.42. The molecule has 5 heteroatoms. The summed E-state index contributed by atoms with van der Waals surface area (Å²) in [6.45, 7) is 4.11. The van der Waals surface area contributed by atoms with Gasteiger partial charge in [0.1, 0.15) is 5.75 Å². The second kappa shape index (κ2) is 6.66. The van der Waals surface area contributed by atoms with E-state index in [-0.39, 0.29) is 19.1 Å². The maximum Gasteiger partial charge on any atom is 0.254 e. The first kappa shape index (κ1) is 14.1. The smallest absolute Gasteiger partial charge is 0.254 e. The molecule has 1 amide bonds. The number of anilines is 1. The minimum atomic E-state index is -0.213. The van der Waals surface area contributed by atoms with E-state index in [9.17, 15) is 4.79 Å². The highest BCUT2D eigenvalue weighted by atomic mass is 16.5. The van der Waals surface area contributed by atoms with Crippen molar-refractivity contribution in [3.05, 3.63) is 36.4 Å². The van der Waals surface area contributed by atoms with Crippen LogP contribution >= 0.6 is 0 Å². The molecule has 18 heavy (non-hydrogen) atoms. The van der Waals surface area contributed by atoms with E-state index in [1.54, 1.807) is 24.3 Å². The van der Waals surface area contributed by atoms with E-state index in [1.807, 2.05) is 0 Å². The number of benzene rings is 1. The molecule has 0 aliphatic carbocycles. The number of carbonyl (C=O) groups is 1. The van der Waals surface area contributed by atoms with E-state index < -0.39 is 0 Å². The zero-order valence-electron chi connectivity index (χ0n) is 10.4. The van der Waals surface area contributed by atoms with Gasteiger partial charge in [0.05, 0.1) is 13.7 Å². The normalized spacial score (nSPS) is 9.89. The SMILES string of the molecule is C=CCN(CCO)C(=O)c1cc(N)cc(OC)c1. The van der Waals surface area contributed by atoms with Gasteiger partial charge in [0, 0.05) is 30.4 Å². The number of hydrogen-bond acceptors (Lipinski definition) is 4. The fourth-order valence-electron chi connectivity index (χ4n) is 1.60. The van der Waals surface area contributed by atoms with Crippen molar-refractivity contribution in [2.75, 3.05) is 32.5 Å². The molecular weight excluding hydrogens is 232 g/mol. The lowest BCUT2D eigenvalue weighted by Gasteiger charge is -2.20. The average molecular weight is 250 g/mol. The van der Waals surface area contributed by atoms with Crippen LogP contribution in [0.3, 0.4) is 0 Å². The maximum absolute atomic E-state index is 12.2. The summed E-state index contributed by atoms with van der Waals surface area (Å²) in [4.78, 5) is 13.7. The fraction of sp³-hybridized carbons (Fsp3) is 0.308. The Morgan fingerprint density at radius 3 is 2.83 bits per heavy atom. The number of aliphatic hydroxyl groups is 1. The van der Waals surface area contributed by atoms with Gasteiger partial charge >= 0.3 is 0 Å². The minimum absolute atomic E-state index is 0.0982. The van der Waals surface area contributed by atoms with Crippen LogP contribution in [0.2, 0.25) is 0 Å². The zero-order valence-corrected chi connectivity index (χ0v) is 10.4. The number of rotatable bonds is 6. The lowest BCUT2D eigenvalue weighted by Crippen LogP contribution is -2.33. The highest BCUT2D eigenvalue weighted by Crippen LogP contribution is 2.19. The van der Waals surface area contributed by atoms with Crippen molar-refractivity contribution >= 4 is 11.6 Å². The van der Waals surface area contributed by atoms with Crippen molar-refractivity contribution in [3.63, 3.8) is 0 Å². The molecule has 0 aliphatic rings. The van der Waals surface area contributed by atoms with Crippen LogP contribution in [-0.2, 0) is 0 Å². The monoisotopic (exact) mass is 250 g/mol. The molecule has 1 aromatic rings. The molecule has 0 bridgehead atoms. The van der Waals surface area contributed by atoms with Gasteiger partial charge in [-0.2, -0.15) is 0 Å². The molecule has 98 valence electrons. The van der Waals surface area contributed by atoms with Gasteiger partial charge in [0.25, 0.3) is 5.91 Å². The highest BCUT2D eigenvalue weighted by Gasteiger charge is 2.15. The molecule has 0 spiro atoms. The van der Waals surface area contributed by atoms with Gasteiger partial charge in [-0.15, -0.1) is 6.58 Å². The molecule has 0 saturated heterocycles. The molecule has 0 saturated carbocycles. The van der Waals surface area contributed by atoms with Crippen LogP contribution in [0.25, 0.3) is 0 Å². The van der Waals surface area contributed by atoms with Crippen LogP contribution in [0.1, 0.15) is 10.4 Å². The van der Waals surface area contributed by atoms with Gasteiger partial charge in [0.15, 0.2) is 0 Å². The van der Waals surface area contributed by atoms with Gasteiger partial charge in [-0.25, -0.2) is 0 Å². The summed E-state index contributed by atoms with van der Waals surface area (Å²) in [5.41, 5.74) is 6.59. The predicted octanol–water partition coefficient (Wildman–Crippen LogP) is 0.898. The standard InChI is InChI=1S/C13H18N2O3/c1-3-4-15(5-6-16)13(17)10-7-11(14)9-12(8-10)18-2/h3,7-9,16H,1,4-6,14H2,2H3. The molecule has 1 rings (SSSR count). The Balaban J connectivity index is 2.99. The summed E-state index contributed by atoms with van der Waals surface area (Å²) < 4.78 is 5.07. The van der Waals surface area contributed by atoms with E-state index in [4.69, 9.17) is 15.6 Å². The molecule has 5 nitrogen and oxygen atoms in total. The van der Waals surface area contributed by atoms with Gasteiger partial charge in [-0.05, 0) is 12.1 Å². The zero-order chi connectivity index (χ0) is 13.5. The number of amides is 1. The van der Waals surface area contributed by atoms with Crippen LogP contribution in [-0.4, -0.2) is 42.7 Å². The Bertz CT molecular complexity index is 432. The first-order valence-electron chi connectivity index (χ1n) is 5.58. The lowest BCUT2D eigenvalue weighted by atomic mass is 10.1. The van der Waals surface area contributed by atoms with Gasteiger partial charge in [-0.1, -0.05) is 6.08 Å². The van der Waals surface area contributed by atoms with E-state index in [0.717, 1.165) is 0 Å². The molecule has 0 fully saturated rings. The summed E-state index contributed by atoms with van der Waals surface area (Å²) in [5, 5.41) is 8.94. The number of nitrogens with zero attached hydrogens (tertiary/aromatic N) is 1. The second-order valence-corrected chi connectivity index (χ2v) is 3.76. The number of methoxy groups -OCH3 is 1. The molecular formula is C13H18N2O3. The lowest BCUT2D eigenvalue weighted by molar-refractivity contribution is 0.0742. The van der Waals surface area contributed by atoms with Crippen LogP contribution in [0.15, 0.2) is 30.9 Å². The van der Waals surface area contributed by atoms with Gasteiger partial charge in [0.2, 0.25) is 0 Å². The molecule has 0 heterocycles. The summed E-state index contributed by atoms with van der Waals surface area (Å²) in [7, 11) is 1.51. The van der Waals surface area contributed by atoms with E-state index in [1.165, 1.54) is 12.0 Å². The minimum Gasteiger partial charge on any atom is -0.497 e. The maximum atomic E-state index is 12.2. The molecule has 0 atom stereocenters. The van der Waals surface area contributed by atoms with Crippen molar-refractivity contribution in [2.24, 2.45) is 0 Å². The molecule has 0 aromatic heterocycles. The topological polar surface area (TPSA) is 75.8 Å². The molecule has 0 radical (unpaired) electrons. The summed E-state index contributed by atoms with van der Waals surface area (Å²) in [5.74, 6) is 0.315. The van der Waals surface area contributed by atoms with Crippen molar-refractivity contribution in [1.29, 1.82) is 0 Å². The van der Waals surface area contributed by atoms with Crippen molar-refractivity contribution in [2.45, 2.75) is 0 Å². The Labute approximate surface area is 106 Å². The summed E-state index contributed by atoms with van der Waals surface area (Å²) >= 11 is 0. The molecule has 3 N–H and O–H groups in total. The van der Waals surface area contributed by atoms with Crippen LogP contribution < -0.4 is 10.5 Å². The Morgan fingerprint density at radius 1 is 1.56 bits per heavy atom. The van der Waals surface area contributed by atoms with Crippen LogP contribution in [0.5, 0.6) is 5.75 Å². The quantitative estimate of drug-likeness (QED) is 0.581. The number of hydrogen-bond donors (Lipinski definition) is 2. The molecule has 1 aromatic carbocycles. The predicted molar refractivity (Wildman–Crippen MR) is 70.6 cm³/mol.